The first-order valence-corrected chi connectivity index (χ1v) is 9.06. The van der Waals surface area contributed by atoms with Crippen LogP contribution in [0.2, 0.25) is 0 Å². The first-order valence-electron chi connectivity index (χ1n) is 9.06. The molecule has 3 aliphatic rings. The fourth-order valence-corrected chi connectivity index (χ4v) is 5.80. The summed E-state index contributed by atoms with van der Waals surface area (Å²) < 4.78 is 0. The van der Waals surface area contributed by atoms with Crippen LogP contribution in [0.1, 0.15) is 64.7 Å². The van der Waals surface area contributed by atoms with Crippen molar-refractivity contribution in [3.8, 4) is 0 Å². The summed E-state index contributed by atoms with van der Waals surface area (Å²) in [6.07, 6.45) is 13.3. The van der Waals surface area contributed by atoms with Crippen LogP contribution in [0.4, 0.5) is 0 Å². The van der Waals surface area contributed by atoms with Crippen molar-refractivity contribution in [3.63, 3.8) is 0 Å². The molecule has 3 fully saturated rings. The van der Waals surface area contributed by atoms with Crippen LogP contribution in [0.25, 0.3) is 0 Å². The van der Waals surface area contributed by atoms with Crippen molar-refractivity contribution in [2.45, 2.75) is 76.3 Å². The summed E-state index contributed by atoms with van der Waals surface area (Å²) in [5, 5.41) is 3.89. The van der Waals surface area contributed by atoms with Gasteiger partial charge in [-0.15, -0.1) is 0 Å². The Hall–Kier alpha value is -0.0800. The fraction of sp³-hybridized carbons (Fsp3) is 1.00. The summed E-state index contributed by atoms with van der Waals surface area (Å²) in [5.74, 6) is 3.18. The lowest BCUT2D eigenvalue weighted by atomic mass is 9.77. The van der Waals surface area contributed by atoms with E-state index in [4.69, 9.17) is 0 Å². The molecule has 2 heteroatoms. The Morgan fingerprint density at radius 2 is 1.90 bits per heavy atom. The van der Waals surface area contributed by atoms with Gasteiger partial charge in [-0.3, -0.25) is 0 Å². The van der Waals surface area contributed by atoms with Crippen molar-refractivity contribution >= 4 is 0 Å². The SMILES string of the molecule is CCNC(CC1CC2CCC1C2)C1(N(C)C)CCCC1. The maximum atomic E-state index is 3.89. The van der Waals surface area contributed by atoms with Crippen LogP contribution < -0.4 is 5.32 Å². The highest BCUT2D eigenvalue weighted by Gasteiger charge is 2.46. The quantitative estimate of drug-likeness (QED) is 0.797. The minimum absolute atomic E-state index is 0.442. The minimum atomic E-state index is 0.442. The summed E-state index contributed by atoms with van der Waals surface area (Å²) in [5.41, 5.74) is 0.442. The Balaban J connectivity index is 1.71. The molecular formula is C18H34N2. The molecule has 0 spiro atoms. The van der Waals surface area contributed by atoms with Gasteiger partial charge in [0.05, 0.1) is 0 Å². The normalized spacial score (nSPS) is 36.9. The number of fused-ring (bicyclic) bond motifs is 2. The van der Waals surface area contributed by atoms with Crippen molar-refractivity contribution in [3.05, 3.63) is 0 Å². The molecule has 4 atom stereocenters. The van der Waals surface area contributed by atoms with Crippen LogP contribution in [-0.2, 0) is 0 Å². The molecule has 2 nitrogen and oxygen atoms in total. The van der Waals surface area contributed by atoms with Gasteiger partial charge in [-0.05, 0) is 76.9 Å². The zero-order chi connectivity index (χ0) is 14.2. The van der Waals surface area contributed by atoms with Crippen LogP contribution in [0.15, 0.2) is 0 Å². The Morgan fingerprint density at radius 1 is 1.15 bits per heavy atom. The third kappa shape index (κ3) is 2.54. The third-order valence-electron chi connectivity index (χ3n) is 6.88. The van der Waals surface area contributed by atoms with E-state index in [1.54, 1.807) is 6.42 Å². The predicted molar refractivity (Wildman–Crippen MR) is 85.9 cm³/mol. The number of likely N-dealkylation sites (N-methyl/N-ethyl adjacent to an activating group) is 2. The van der Waals surface area contributed by atoms with E-state index >= 15 is 0 Å². The van der Waals surface area contributed by atoms with Crippen molar-refractivity contribution in [1.29, 1.82) is 0 Å². The van der Waals surface area contributed by atoms with E-state index in [-0.39, 0.29) is 0 Å². The van der Waals surface area contributed by atoms with Gasteiger partial charge < -0.3 is 10.2 Å². The molecule has 4 unspecified atom stereocenters. The van der Waals surface area contributed by atoms with E-state index < -0.39 is 0 Å². The number of rotatable bonds is 6. The lowest BCUT2D eigenvalue weighted by Crippen LogP contribution is -2.58. The Kier molecular flexibility index (Phi) is 4.42. The van der Waals surface area contributed by atoms with Gasteiger partial charge in [-0.1, -0.05) is 26.2 Å². The Labute approximate surface area is 125 Å². The maximum absolute atomic E-state index is 3.89. The molecule has 3 saturated carbocycles. The molecule has 0 heterocycles. The standard InChI is InChI=1S/C18H34N2/c1-4-19-17(18(20(2)3)9-5-6-10-18)13-16-12-14-7-8-15(16)11-14/h14-17,19H,4-13H2,1-3H3. The van der Waals surface area contributed by atoms with Gasteiger partial charge >= 0.3 is 0 Å². The van der Waals surface area contributed by atoms with Crippen molar-refractivity contribution in [1.82, 2.24) is 10.2 Å². The van der Waals surface area contributed by atoms with E-state index in [2.05, 4.69) is 31.2 Å². The van der Waals surface area contributed by atoms with Gasteiger partial charge in [0.2, 0.25) is 0 Å². The van der Waals surface area contributed by atoms with Gasteiger partial charge in [0.25, 0.3) is 0 Å². The number of hydrogen-bond acceptors (Lipinski definition) is 2. The molecule has 116 valence electrons. The molecule has 0 aromatic rings. The minimum Gasteiger partial charge on any atom is -0.312 e. The maximum Gasteiger partial charge on any atom is 0.0356 e. The summed E-state index contributed by atoms with van der Waals surface area (Å²) >= 11 is 0. The Morgan fingerprint density at radius 3 is 2.40 bits per heavy atom. The third-order valence-corrected chi connectivity index (χ3v) is 6.88. The summed E-state index contributed by atoms with van der Waals surface area (Å²) in [6.45, 7) is 3.41. The highest BCUT2D eigenvalue weighted by atomic mass is 15.2. The second kappa shape index (κ2) is 5.96. The molecule has 3 aliphatic carbocycles. The molecule has 0 radical (unpaired) electrons. The largest absolute Gasteiger partial charge is 0.312 e. The van der Waals surface area contributed by atoms with Gasteiger partial charge in [0.15, 0.2) is 0 Å². The molecule has 3 rings (SSSR count). The average Bonchev–Trinajstić information content (AvgIpc) is 3.14. The van der Waals surface area contributed by atoms with E-state index in [1.165, 1.54) is 51.4 Å². The predicted octanol–water partition coefficient (Wildman–Crippen LogP) is 3.67. The topological polar surface area (TPSA) is 15.3 Å². The zero-order valence-corrected chi connectivity index (χ0v) is 13.8. The molecular weight excluding hydrogens is 244 g/mol. The molecule has 20 heavy (non-hydrogen) atoms. The highest BCUT2D eigenvalue weighted by Crippen LogP contribution is 2.51. The highest BCUT2D eigenvalue weighted by molar-refractivity contribution is 5.04. The summed E-state index contributed by atoms with van der Waals surface area (Å²) in [6, 6.07) is 0.717. The van der Waals surface area contributed by atoms with Gasteiger partial charge in [0.1, 0.15) is 0 Å². The van der Waals surface area contributed by atoms with Gasteiger partial charge in [0, 0.05) is 11.6 Å². The van der Waals surface area contributed by atoms with Gasteiger partial charge in [-0.25, -0.2) is 0 Å². The van der Waals surface area contributed by atoms with Crippen LogP contribution in [-0.4, -0.2) is 37.1 Å². The fourth-order valence-electron chi connectivity index (χ4n) is 5.80. The second-order valence-electron chi connectivity index (χ2n) is 7.99. The molecule has 0 aromatic carbocycles. The monoisotopic (exact) mass is 278 g/mol. The van der Waals surface area contributed by atoms with Crippen LogP contribution >= 0.6 is 0 Å². The molecule has 1 N–H and O–H groups in total. The van der Waals surface area contributed by atoms with E-state index in [0.29, 0.717) is 11.6 Å². The molecule has 2 bridgehead atoms. The molecule has 0 saturated heterocycles. The summed E-state index contributed by atoms with van der Waals surface area (Å²) in [4.78, 5) is 2.56. The smallest absolute Gasteiger partial charge is 0.0356 e. The van der Waals surface area contributed by atoms with Crippen LogP contribution in [0.5, 0.6) is 0 Å². The van der Waals surface area contributed by atoms with Crippen molar-refractivity contribution < 1.29 is 0 Å². The van der Waals surface area contributed by atoms with Gasteiger partial charge in [-0.2, -0.15) is 0 Å². The second-order valence-corrected chi connectivity index (χ2v) is 7.99. The van der Waals surface area contributed by atoms with E-state index in [9.17, 15) is 0 Å². The van der Waals surface area contributed by atoms with E-state index in [0.717, 1.165) is 24.3 Å². The van der Waals surface area contributed by atoms with Crippen molar-refractivity contribution in [2.75, 3.05) is 20.6 Å². The first kappa shape index (κ1) is 14.8. The molecule has 0 aromatic heterocycles. The molecule has 0 aliphatic heterocycles. The zero-order valence-electron chi connectivity index (χ0n) is 13.8. The van der Waals surface area contributed by atoms with E-state index in [1.807, 2.05) is 0 Å². The number of hydrogen-bond donors (Lipinski definition) is 1. The number of nitrogens with one attached hydrogen (secondary N) is 1. The van der Waals surface area contributed by atoms with Crippen LogP contribution in [0.3, 0.4) is 0 Å². The molecule has 0 amide bonds. The average molecular weight is 278 g/mol. The number of nitrogens with zero attached hydrogens (tertiary/aromatic N) is 1. The summed E-state index contributed by atoms with van der Waals surface area (Å²) in [7, 11) is 4.63. The van der Waals surface area contributed by atoms with Crippen LogP contribution in [0, 0.1) is 17.8 Å². The Bertz CT molecular complexity index is 319. The lowest BCUT2D eigenvalue weighted by Gasteiger charge is -2.45. The lowest BCUT2D eigenvalue weighted by molar-refractivity contribution is 0.0847. The van der Waals surface area contributed by atoms with Crippen molar-refractivity contribution in [2.24, 2.45) is 17.8 Å². The first-order chi connectivity index (χ1) is 9.65.